The van der Waals surface area contributed by atoms with Crippen molar-refractivity contribution in [1.29, 1.82) is 0 Å². The van der Waals surface area contributed by atoms with Gasteiger partial charge in [0.15, 0.2) is 0 Å². The summed E-state index contributed by atoms with van der Waals surface area (Å²) >= 11 is 0. The van der Waals surface area contributed by atoms with Gasteiger partial charge in [0.05, 0.1) is 5.56 Å². The van der Waals surface area contributed by atoms with Crippen LogP contribution in [0.4, 0.5) is 15.8 Å². The van der Waals surface area contributed by atoms with Crippen molar-refractivity contribution in [2.75, 3.05) is 23.3 Å². The van der Waals surface area contributed by atoms with Crippen LogP contribution < -0.4 is 10.2 Å². The number of carbonyl (C=O) groups is 1. The summed E-state index contributed by atoms with van der Waals surface area (Å²) in [6, 6.07) is 13.5. The first kappa shape index (κ1) is 17.6. The number of nitrogens with zero attached hydrogens (tertiary/aromatic N) is 3. The third-order valence-corrected chi connectivity index (χ3v) is 3.98. The molecule has 0 unspecified atom stereocenters. The van der Waals surface area contributed by atoms with E-state index in [1.807, 2.05) is 12.1 Å². The van der Waals surface area contributed by atoms with Crippen molar-refractivity contribution in [3.63, 3.8) is 0 Å². The molecule has 0 aliphatic heterocycles. The van der Waals surface area contributed by atoms with Gasteiger partial charge in [0, 0.05) is 24.5 Å². The Labute approximate surface area is 150 Å². The molecule has 0 aliphatic rings. The zero-order valence-electron chi connectivity index (χ0n) is 14.6. The van der Waals surface area contributed by atoms with Crippen LogP contribution in [0.15, 0.2) is 52.9 Å². The Morgan fingerprint density at radius 1 is 1.08 bits per heavy atom. The van der Waals surface area contributed by atoms with Crippen molar-refractivity contribution in [3.8, 4) is 11.5 Å². The van der Waals surface area contributed by atoms with E-state index in [9.17, 15) is 9.18 Å². The molecule has 0 spiro atoms. The van der Waals surface area contributed by atoms with Crippen LogP contribution in [0.2, 0.25) is 0 Å². The molecule has 1 aromatic heterocycles. The van der Waals surface area contributed by atoms with Crippen LogP contribution in [0, 0.1) is 5.82 Å². The lowest BCUT2D eigenvalue weighted by molar-refractivity contribution is 0.0991. The Morgan fingerprint density at radius 3 is 2.42 bits per heavy atom. The van der Waals surface area contributed by atoms with Gasteiger partial charge >= 0.3 is 11.8 Å². The summed E-state index contributed by atoms with van der Waals surface area (Å²) in [5.41, 5.74) is 1.84. The van der Waals surface area contributed by atoms with E-state index in [0.717, 1.165) is 18.8 Å². The molecule has 1 N–H and O–H groups in total. The van der Waals surface area contributed by atoms with Crippen LogP contribution >= 0.6 is 0 Å². The number of hydrogen-bond acceptors (Lipinski definition) is 5. The Hall–Kier alpha value is -3.22. The molecule has 2 aromatic carbocycles. The van der Waals surface area contributed by atoms with Crippen molar-refractivity contribution in [3.05, 3.63) is 60.2 Å². The van der Waals surface area contributed by atoms with Gasteiger partial charge in [-0.25, -0.2) is 4.39 Å². The van der Waals surface area contributed by atoms with Gasteiger partial charge in [-0.05, 0) is 50.2 Å². The Morgan fingerprint density at radius 2 is 1.77 bits per heavy atom. The summed E-state index contributed by atoms with van der Waals surface area (Å²) in [6.07, 6.45) is 0. The topological polar surface area (TPSA) is 71.3 Å². The maximum atomic E-state index is 13.8. The molecule has 0 bridgehead atoms. The molecule has 3 rings (SSSR count). The Kier molecular flexibility index (Phi) is 5.26. The van der Waals surface area contributed by atoms with Crippen LogP contribution in [-0.2, 0) is 0 Å². The number of aromatic nitrogens is 2. The van der Waals surface area contributed by atoms with E-state index in [1.165, 1.54) is 12.1 Å². The number of halogens is 1. The summed E-state index contributed by atoms with van der Waals surface area (Å²) in [6.45, 7) is 5.98. The summed E-state index contributed by atoms with van der Waals surface area (Å²) in [5.74, 6) is -1.30. The molecule has 1 amide bonds. The highest BCUT2D eigenvalue weighted by Gasteiger charge is 2.18. The standard InChI is InChI=1S/C19H19FN4O2/c1-3-24(4-2)14-11-9-13(10-12-14)21-17(25)19-23-22-18(26-19)15-7-5-6-8-16(15)20/h5-12H,3-4H2,1-2H3,(H,21,25). The van der Waals surface area contributed by atoms with Crippen LogP contribution in [0.1, 0.15) is 24.5 Å². The molecule has 1 heterocycles. The van der Waals surface area contributed by atoms with Gasteiger partial charge in [0.2, 0.25) is 0 Å². The lowest BCUT2D eigenvalue weighted by Crippen LogP contribution is -2.21. The molecule has 0 radical (unpaired) electrons. The smallest absolute Gasteiger partial charge is 0.313 e. The quantitative estimate of drug-likeness (QED) is 0.725. The molecule has 0 saturated heterocycles. The molecule has 134 valence electrons. The number of hydrogen-bond donors (Lipinski definition) is 1. The minimum Gasteiger partial charge on any atom is -0.412 e. The highest BCUT2D eigenvalue weighted by atomic mass is 19.1. The molecule has 0 fully saturated rings. The molecular formula is C19H19FN4O2. The van der Waals surface area contributed by atoms with Crippen molar-refractivity contribution < 1.29 is 13.6 Å². The zero-order valence-corrected chi connectivity index (χ0v) is 14.6. The largest absolute Gasteiger partial charge is 0.412 e. The average molecular weight is 354 g/mol. The van der Waals surface area contributed by atoms with Gasteiger partial charge in [-0.1, -0.05) is 12.1 Å². The highest BCUT2D eigenvalue weighted by molar-refractivity contribution is 6.01. The van der Waals surface area contributed by atoms with Crippen LogP contribution in [0.25, 0.3) is 11.5 Å². The number of rotatable bonds is 6. The van der Waals surface area contributed by atoms with E-state index in [1.54, 1.807) is 24.3 Å². The third kappa shape index (κ3) is 3.72. The fourth-order valence-electron chi connectivity index (χ4n) is 2.59. The van der Waals surface area contributed by atoms with E-state index >= 15 is 0 Å². The second kappa shape index (κ2) is 7.77. The summed E-state index contributed by atoms with van der Waals surface area (Å²) < 4.78 is 19.1. The van der Waals surface area contributed by atoms with Gasteiger partial charge in [0.1, 0.15) is 5.82 Å². The van der Waals surface area contributed by atoms with Crippen LogP contribution in [0.5, 0.6) is 0 Å². The van der Waals surface area contributed by atoms with Crippen molar-refractivity contribution in [2.24, 2.45) is 0 Å². The van der Waals surface area contributed by atoms with E-state index in [2.05, 4.69) is 34.3 Å². The van der Waals surface area contributed by atoms with Gasteiger partial charge in [-0.3, -0.25) is 4.79 Å². The van der Waals surface area contributed by atoms with E-state index in [0.29, 0.717) is 5.69 Å². The molecule has 0 aliphatic carbocycles. The predicted octanol–water partition coefficient (Wildman–Crippen LogP) is 3.97. The van der Waals surface area contributed by atoms with Gasteiger partial charge in [-0.15, -0.1) is 10.2 Å². The molecular weight excluding hydrogens is 335 g/mol. The lowest BCUT2D eigenvalue weighted by Gasteiger charge is -2.21. The molecule has 3 aromatic rings. The van der Waals surface area contributed by atoms with Gasteiger partial charge in [0.25, 0.3) is 5.89 Å². The first-order chi connectivity index (χ1) is 12.6. The maximum Gasteiger partial charge on any atom is 0.313 e. The molecule has 7 heteroatoms. The maximum absolute atomic E-state index is 13.8. The molecule has 0 saturated carbocycles. The van der Waals surface area contributed by atoms with E-state index < -0.39 is 11.7 Å². The summed E-state index contributed by atoms with van der Waals surface area (Å²) in [7, 11) is 0. The SMILES string of the molecule is CCN(CC)c1ccc(NC(=O)c2nnc(-c3ccccc3F)o2)cc1. The monoisotopic (exact) mass is 354 g/mol. The lowest BCUT2D eigenvalue weighted by atomic mass is 10.2. The predicted molar refractivity (Wildman–Crippen MR) is 97.6 cm³/mol. The number of benzene rings is 2. The third-order valence-electron chi connectivity index (χ3n) is 3.98. The van der Waals surface area contributed by atoms with E-state index in [4.69, 9.17) is 4.42 Å². The fraction of sp³-hybridized carbons (Fsp3) is 0.211. The zero-order chi connectivity index (χ0) is 18.5. The minimum atomic E-state index is -0.546. The van der Waals surface area contributed by atoms with Crippen LogP contribution in [-0.4, -0.2) is 29.2 Å². The first-order valence-electron chi connectivity index (χ1n) is 8.37. The first-order valence-corrected chi connectivity index (χ1v) is 8.37. The van der Waals surface area contributed by atoms with Crippen LogP contribution in [0.3, 0.4) is 0 Å². The fourth-order valence-corrected chi connectivity index (χ4v) is 2.59. The van der Waals surface area contributed by atoms with Crippen molar-refractivity contribution in [1.82, 2.24) is 10.2 Å². The van der Waals surface area contributed by atoms with Crippen molar-refractivity contribution >= 4 is 17.3 Å². The second-order valence-corrected chi connectivity index (χ2v) is 5.57. The normalized spacial score (nSPS) is 10.6. The average Bonchev–Trinajstić information content (AvgIpc) is 3.14. The Bertz CT molecular complexity index is 889. The number of carbonyl (C=O) groups excluding carboxylic acids is 1. The highest BCUT2D eigenvalue weighted by Crippen LogP contribution is 2.22. The summed E-state index contributed by atoms with van der Waals surface area (Å²) in [5, 5.41) is 10.1. The van der Waals surface area contributed by atoms with Gasteiger partial charge in [-0.2, -0.15) is 0 Å². The minimum absolute atomic E-state index is 0.0369. The van der Waals surface area contributed by atoms with Gasteiger partial charge < -0.3 is 14.6 Å². The summed E-state index contributed by atoms with van der Waals surface area (Å²) in [4.78, 5) is 14.5. The van der Waals surface area contributed by atoms with E-state index in [-0.39, 0.29) is 17.3 Å². The number of nitrogens with one attached hydrogen (secondary N) is 1. The molecule has 0 atom stereocenters. The molecule has 26 heavy (non-hydrogen) atoms. The number of anilines is 2. The molecule has 6 nitrogen and oxygen atoms in total. The number of amides is 1. The van der Waals surface area contributed by atoms with Crippen molar-refractivity contribution in [2.45, 2.75) is 13.8 Å². The Balaban J connectivity index is 1.72. The second-order valence-electron chi connectivity index (χ2n) is 5.57.